The fourth-order valence-electron chi connectivity index (χ4n) is 3.65. The number of carbonyl (C=O) groups is 1. The fourth-order valence-corrected chi connectivity index (χ4v) is 3.88. The minimum atomic E-state index is -4.71. The van der Waals surface area contributed by atoms with Crippen molar-refractivity contribution >= 4 is 23.2 Å². The van der Waals surface area contributed by atoms with Crippen molar-refractivity contribution < 1.29 is 22.4 Å². The summed E-state index contributed by atoms with van der Waals surface area (Å²) in [5.41, 5.74) is 0.463. The van der Waals surface area contributed by atoms with E-state index in [9.17, 15) is 22.4 Å². The van der Waals surface area contributed by atoms with Crippen molar-refractivity contribution in [3.8, 4) is 5.69 Å². The monoisotopic (exact) mass is 441 g/mol. The van der Waals surface area contributed by atoms with E-state index >= 15 is 0 Å². The van der Waals surface area contributed by atoms with Crippen molar-refractivity contribution in [2.45, 2.75) is 32.5 Å². The lowest BCUT2D eigenvalue weighted by Crippen LogP contribution is -2.29. The molecule has 1 fully saturated rings. The SMILES string of the molecule is Cc1c(N2CCC(n3nc(C(F)(F)F)c(Cl)c3C)C2=O)cnn1-c1cccc(F)c1. The molecule has 0 N–H and O–H groups in total. The number of amides is 1. The lowest BCUT2D eigenvalue weighted by atomic mass is 10.2. The van der Waals surface area contributed by atoms with E-state index in [0.717, 1.165) is 4.68 Å². The molecule has 1 atom stereocenters. The van der Waals surface area contributed by atoms with E-state index in [1.54, 1.807) is 19.1 Å². The summed E-state index contributed by atoms with van der Waals surface area (Å²) in [4.78, 5) is 14.5. The van der Waals surface area contributed by atoms with Crippen LogP contribution in [0.25, 0.3) is 5.69 Å². The Balaban J connectivity index is 1.65. The van der Waals surface area contributed by atoms with Gasteiger partial charge in [0.05, 0.1) is 34.0 Å². The van der Waals surface area contributed by atoms with Crippen LogP contribution < -0.4 is 4.90 Å². The molecule has 0 radical (unpaired) electrons. The number of nitrogens with zero attached hydrogens (tertiary/aromatic N) is 5. The third-order valence-electron chi connectivity index (χ3n) is 5.15. The van der Waals surface area contributed by atoms with Crippen LogP contribution in [0.5, 0.6) is 0 Å². The third-order valence-corrected chi connectivity index (χ3v) is 5.60. The van der Waals surface area contributed by atoms with Gasteiger partial charge in [-0.15, -0.1) is 0 Å². The summed E-state index contributed by atoms with van der Waals surface area (Å²) in [6, 6.07) is 4.94. The van der Waals surface area contributed by atoms with Crippen molar-refractivity contribution in [1.82, 2.24) is 19.6 Å². The number of hydrogen-bond donors (Lipinski definition) is 0. The summed E-state index contributed by atoms with van der Waals surface area (Å²) < 4.78 is 55.4. The first-order valence-corrected chi connectivity index (χ1v) is 9.41. The number of halogens is 5. The van der Waals surface area contributed by atoms with Crippen LogP contribution in [0.4, 0.5) is 23.2 Å². The second-order valence-electron chi connectivity index (χ2n) is 6.99. The molecule has 158 valence electrons. The van der Waals surface area contributed by atoms with E-state index in [0.29, 0.717) is 17.1 Å². The van der Waals surface area contributed by atoms with Crippen molar-refractivity contribution in [2.24, 2.45) is 0 Å². The lowest BCUT2D eigenvalue weighted by Gasteiger charge is -2.17. The van der Waals surface area contributed by atoms with E-state index in [-0.39, 0.29) is 18.7 Å². The van der Waals surface area contributed by atoms with Gasteiger partial charge in [-0.25, -0.2) is 9.07 Å². The van der Waals surface area contributed by atoms with Crippen molar-refractivity contribution in [1.29, 1.82) is 0 Å². The van der Waals surface area contributed by atoms with E-state index in [1.165, 1.54) is 34.8 Å². The number of anilines is 1. The Bertz CT molecular complexity index is 1140. The first-order valence-electron chi connectivity index (χ1n) is 9.03. The highest BCUT2D eigenvalue weighted by molar-refractivity contribution is 6.32. The van der Waals surface area contributed by atoms with E-state index in [1.807, 2.05) is 0 Å². The van der Waals surface area contributed by atoms with Crippen molar-refractivity contribution in [2.75, 3.05) is 11.4 Å². The Morgan fingerprint density at radius 1 is 1.20 bits per heavy atom. The van der Waals surface area contributed by atoms with Crippen molar-refractivity contribution in [3.63, 3.8) is 0 Å². The van der Waals surface area contributed by atoms with Crippen LogP contribution in [0.2, 0.25) is 5.02 Å². The molecule has 3 aromatic rings. The molecular weight excluding hydrogens is 426 g/mol. The molecule has 2 aromatic heterocycles. The smallest absolute Gasteiger partial charge is 0.307 e. The van der Waals surface area contributed by atoms with Crippen LogP contribution in [0.1, 0.15) is 29.5 Å². The molecule has 30 heavy (non-hydrogen) atoms. The summed E-state index contributed by atoms with van der Waals surface area (Å²) in [7, 11) is 0. The number of rotatable bonds is 3. The molecule has 1 amide bonds. The molecule has 1 saturated heterocycles. The van der Waals surface area contributed by atoms with E-state index < -0.39 is 34.7 Å². The van der Waals surface area contributed by atoms with Gasteiger partial charge >= 0.3 is 6.18 Å². The first kappa shape index (κ1) is 20.4. The number of alkyl halides is 3. The zero-order chi connectivity index (χ0) is 21.8. The molecule has 1 aliphatic rings. The van der Waals surface area contributed by atoms with Gasteiger partial charge in [-0.1, -0.05) is 17.7 Å². The molecule has 1 aliphatic heterocycles. The highest BCUT2D eigenvalue weighted by Crippen LogP contribution is 2.38. The van der Waals surface area contributed by atoms with Gasteiger partial charge in [0, 0.05) is 6.54 Å². The predicted molar refractivity (Wildman–Crippen MR) is 101 cm³/mol. The standard InChI is InChI=1S/C19H16ClF4N5O/c1-10-15(9-25-28(10)13-5-3-4-12(21)8-13)27-7-6-14(18(27)30)29-11(2)16(20)17(26-29)19(22,23)24/h3-5,8-9,14H,6-7H2,1-2H3. The maximum atomic E-state index is 13.5. The number of carbonyl (C=O) groups excluding carboxylic acids is 1. The molecule has 11 heteroatoms. The Hall–Kier alpha value is -2.88. The third kappa shape index (κ3) is 3.24. The maximum absolute atomic E-state index is 13.5. The highest BCUT2D eigenvalue weighted by Gasteiger charge is 2.42. The van der Waals surface area contributed by atoms with Gasteiger partial charge < -0.3 is 4.90 Å². The van der Waals surface area contributed by atoms with Crippen LogP contribution in [-0.4, -0.2) is 32.0 Å². The molecule has 0 saturated carbocycles. The largest absolute Gasteiger partial charge is 0.436 e. The van der Waals surface area contributed by atoms with Crippen LogP contribution in [0.15, 0.2) is 30.5 Å². The van der Waals surface area contributed by atoms with Gasteiger partial charge in [0.2, 0.25) is 0 Å². The molecule has 6 nitrogen and oxygen atoms in total. The Morgan fingerprint density at radius 2 is 1.93 bits per heavy atom. The number of hydrogen-bond acceptors (Lipinski definition) is 3. The quantitative estimate of drug-likeness (QED) is 0.563. The molecule has 1 unspecified atom stereocenters. The average molecular weight is 442 g/mol. The van der Waals surface area contributed by atoms with Gasteiger partial charge in [-0.05, 0) is 38.5 Å². The Morgan fingerprint density at radius 3 is 2.57 bits per heavy atom. The van der Waals surface area contributed by atoms with Crippen LogP contribution in [-0.2, 0) is 11.0 Å². The summed E-state index contributed by atoms with van der Waals surface area (Å²) in [6.45, 7) is 3.40. The summed E-state index contributed by atoms with van der Waals surface area (Å²) >= 11 is 5.82. The minimum Gasteiger partial charge on any atom is -0.307 e. The van der Waals surface area contributed by atoms with Gasteiger partial charge in [0.1, 0.15) is 11.9 Å². The normalized spacial score (nSPS) is 17.2. The maximum Gasteiger partial charge on any atom is 0.436 e. The zero-order valence-corrected chi connectivity index (χ0v) is 16.7. The van der Waals surface area contributed by atoms with Gasteiger partial charge in [0.15, 0.2) is 5.69 Å². The Labute approximate surface area is 173 Å². The summed E-state index contributed by atoms with van der Waals surface area (Å²) in [5, 5.41) is 7.30. The molecular formula is C19H16ClF4N5O. The van der Waals surface area contributed by atoms with Crippen LogP contribution in [0, 0.1) is 19.7 Å². The molecule has 0 spiro atoms. The fraction of sp³-hybridized carbons (Fsp3) is 0.316. The van der Waals surface area contributed by atoms with Gasteiger partial charge in [-0.2, -0.15) is 23.4 Å². The number of benzene rings is 1. The average Bonchev–Trinajstić information content (AvgIpc) is 3.31. The van der Waals surface area contributed by atoms with Crippen LogP contribution >= 0.6 is 11.6 Å². The molecule has 3 heterocycles. The lowest BCUT2D eigenvalue weighted by molar-refractivity contribution is -0.141. The highest BCUT2D eigenvalue weighted by atomic mass is 35.5. The van der Waals surface area contributed by atoms with E-state index in [4.69, 9.17) is 11.6 Å². The Kier molecular flexibility index (Phi) is 4.84. The predicted octanol–water partition coefficient (Wildman–Crippen LogP) is 4.47. The minimum absolute atomic E-state index is 0.0800. The van der Waals surface area contributed by atoms with Crippen molar-refractivity contribution in [3.05, 3.63) is 58.4 Å². The molecule has 4 rings (SSSR count). The second kappa shape index (κ2) is 7.12. The van der Waals surface area contributed by atoms with E-state index in [2.05, 4.69) is 10.2 Å². The summed E-state index contributed by atoms with van der Waals surface area (Å²) in [6.07, 6.45) is -2.97. The van der Waals surface area contributed by atoms with Gasteiger partial charge in [-0.3, -0.25) is 9.48 Å². The number of aromatic nitrogens is 4. The zero-order valence-electron chi connectivity index (χ0n) is 15.9. The van der Waals surface area contributed by atoms with Crippen LogP contribution in [0.3, 0.4) is 0 Å². The van der Waals surface area contributed by atoms with Gasteiger partial charge in [0.25, 0.3) is 5.91 Å². The summed E-state index contributed by atoms with van der Waals surface area (Å²) in [5.74, 6) is -0.833. The topological polar surface area (TPSA) is 56.0 Å². The molecule has 1 aromatic carbocycles. The first-order chi connectivity index (χ1) is 14.1. The second-order valence-corrected chi connectivity index (χ2v) is 7.37. The molecule has 0 aliphatic carbocycles. The molecule has 0 bridgehead atoms.